The summed E-state index contributed by atoms with van der Waals surface area (Å²) in [4.78, 5) is 0. The van der Waals surface area contributed by atoms with Gasteiger partial charge in [0.05, 0.1) is 0 Å². The smallest absolute Gasteiger partial charge is 0.0478 e. The Hall–Kier alpha value is -0.120. The van der Waals surface area contributed by atoms with E-state index in [-0.39, 0.29) is 0 Å². The number of ether oxygens (including phenoxy) is 1. The minimum Gasteiger partial charge on any atom is -0.381 e. The maximum atomic E-state index is 5.49. The van der Waals surface area contributed by atoms with Crippen molar-refractivity contribution in [2.24, 2.45) is 5.92 Å². The summed E-state index contributed by atoms with van der Waals surface area (Å²) in [6, 6.07) is 0. The standard InChI is InChI=1S/C12H28N2O/c1-4-12(2)11-14-8-6-10-15-9-5-7-13-3/h12-14H,4-11H2,1-3H3. The van der Waals surface area contributed by atoms with Crippen LogP contribution in [0.4, 0.5) is 0 Å². The molecular formula is C12H28N2O. The van der Waals surface area contributed by atoms with Gasteiger partial charge in [-0.05, 0) is 45.4 Å². The Morgan fingerprint density at radius 2 is 1.80 bits per heavy atom. The lowest BCUT2D eigenvalue weighted by atomic mass is 10.1. The summed E-state index contributed by atoms with van der Waals surface area (Å²) in [5.41, 5.74) is 0. The zero-order valence-corrected chi connectivity index (χ0v) is 10.6. The Bertz CT molecular complexity index is 120. The quantitative estimate of drug-likeness (QED) is 0.515. The highest BCUT2D eigenvalue weighted by atomic mass is 16.5. The molecule has 1 unspecified atom stereocenters. The van der Waals surface area contributed by atoms with Gasteiger partial charge < -0.3 is 15.4 Å². The molecule has 3 nitrogen and oxygen atoms in total. The van der Waals surface area contributed by atoms with Gasteiger partial charge in [0.1, 0.15) is 0 Å². The van der Waals surface area contributed by atoms with Crippen LogP contribution in [0.1, 0.15) is 33.1 Å². The van der Waals surface area contributed by atoms with Crippen molar-refractivity contribution < 1.29 is 4.74 Å². The van der Waals surface area contributed by atoms with Crippen molar-refractivity contribution in [1.82, 2.24) is 10.6 Å². The molecule has 2 N–H and O–H groups in total. The van der Waals surface area contributed by atoms with Gasteiger partial charge in [-0.1, -0.05) is 20.3 Å². The highest BCUT2D eigenvalue weighted by Gasteiger charge is 1.96. The molecule has 0 saturated carbocycles. The van der Waals surface area contributed by atoms with Gasteiger partial charge in [0, 0.05) is 13.2 Å². The minimum absolute atomic E-state index is 0.793. The van der Waals surface area contributed by atoms with Crippen LogP contribution >= 0.6 is 0 Å². The number of hydrogen-bond donors (Lipinski definition) is 2. The molecule has 0 spiro atoms. The fourth-order valence-corrected chi connectivity index (χ4v) is 1.25. The van der Waals surface area contributed by atoms with Crippen LogP contribution in [-0.2, 0) is 4.74 Å². The topological polar surface area (TPSA) is 33.3 Å². The summed E-state index contributed by atoms with van der Waals surface area (Å²) < 4.78 is 5.49. The monoisotopic (exact) mass is 216 g/mol. The van der Waals surface area contributed by atoms with E-state index in [4.69, 9.17) is 4.74 Å². The molecule has 0 saturated heterocycles. The predicted octanol–water partition coefficient (Wildman–Crippen LogP) is 1.64. The van der Waals surface area contributed by atoms with E-state index in [9.17, 15) is 0 Å². The van der Waals surface area contributed by atoms with Gasteiger partial charge in [-0.25, -0.2) is 0 Å². The van der Waals surface area contributed by atoms with Crippen molar-refractivity contribution in [2.45, 2.75) is 33.1 Å². The molecule has 0 aromatic heterocycles. The maximum Gasteiger partial charge on any atom is 0.0478 e. The summed E-state index contributed by atoms with van der Waals surface area (Å²) in [5, 5.41) is 6.55. The van der Waals surface area contributed by atoms with Gasteiger partial charge in [-0.2, -0.15) is 0 Å². The molecule has 0 bridgehead atoms. The second-order valence-electron chi connectivity index (χ2n) is 4.14. The van der Waals surface area contributed by atoms with Crippen LogP contribution < -0.4 is 10.6 Å². The van der Waals surface area contributed by atoms with E-state index >= 15 is 0 Å². The predicted molar refractivity (Wildman–Crippen MR) is 66.3 cm³/mol. The van der Waals surface area contributed by atoms with E-state index < -0.39 is 0 Å². The molecule has 15 heavy (non-hydrogen) atoms. The summed E-state index contributed by atoms with van der Waals surface area (Å²) in [6.45, 7) is 9.54. The van der Waals surface area contributed by atoms with Crippen molar-refractivity contribution in [2.75, 3.05) is 39.9 Å². The molecule has 0 heterocycles. The molecule has 0 rings (SSSR count). The van der Waals surface area contributed by atoms with Crippen molar-refractivity contribution >= 4 is 0 Å². The van der Waals surface area contributed by atoms with Gasteiger partial charge in [0.2, 0.25) is 0 Å². The molecule has 0 aliphatic heterocycles. The van der Waals surface area contributed by atoms with Crippen LogP contribution in [0, 0.1) is 5.92 Å². The molecule has 0 radical (unpaired) electrons. The fraction of sp³-hybridized carbons (Fsp3) is 1.00. The van der Waals surface area contributed by atoms with E-state index in [1.165, 1.54) is 6.42 Å². The van der Waals surface area contributed by atoms with E-state index in [2.05, 4.69) is 24.5 Å². The van der Waals surface area contributed by atoms with Crippen LogP contribution in [-0.4, -0.2) is 39.9 Å². The summed E-state index contributed by atoms with van der Waals surface area (Å²) in [7, 11) is 1.97. The molecule has 3 heteroatoms. The largest absolute Gasteiger partial charge is 0.381 e. The number of nitrogens with one attached hydrogen (secondary N) is 2. The lowest BCUT2D eigenvalue weighted by Gasteiger charge is -2.09. The molecule has 1 atom stereocenters. The van der Waals surface area contributed by atoms with Crippen molar-refractivity contribution in [3.63, 3.8) is 0 Å². The highest BCUT2D eigenvalue weighted by molar-refractivity contribution is 4.54. The molecule has 0 aliphatic rings. The molecule has 0 amide bonds. The molecule has 0 aliphatic carbocycles. The van der Waals surface area contributed by atoms with Crippen molar-refractivity contribution in [3.8, 4) is 0 Å². The SMILES string of the molecule is CCC(C)CNCCCOCCCNC. The normalized spacial score (nSPS) is 13.0. The van der Waals surface area contributed by atoms with E-state index in [0.717, 1.165) is 51.6 Å². The summed E-state index contributed by atoms with van der Waals surface area (Å²) in [5.74, 6) is 0.793. The molecule has 92 valence electrons. The van der Waals surface area contributed by atoms with E-state index in [1.54, 1.807) is 0 Å². The van der Waals surface area contributed by atoms with Crippen LogP contribution in [0.5, 0.6) is 0 Å². The third-order valence-corrected chi connectivity index (χ3v) is 2.55. The first-order valence-corrected chi connectivity index (χ1v) is 6.24. The molecule has 0 aromatic carbocycles. The summed E-state index contributed by atoms with van der Waals surface area (Å²) >= 11 is 0. The Morgan fingerprint density at radius 1 is 1.13 bits per heavy atom. The third kappa shape index (κ3) is 11.8. The average molecular weight is 216 g/mol. The van der Waals surface area contributed by atoms with Gasteiger partial charge >= 0.3 is 0 Å². The number of hydrogen-bond acceptors (Lipinski definition) is 3. The van der Waals surface area contributed by atoms with Crippen LogP contribution in [0.15, 0.2) is 0 Å². The van der Waals surface area contributed by atoms with Crippen LogP contribution in [0.3, 0.4) is 0 Å². The third-order valence-electron chi connectivity index (χ3n) is 2.55. The molecular weight excluding hydrogens is 188 g/mol. The zero-order valence-electron chi connectivity index (χ0n) is 10.6. The average Bonchev–Trinajstić information content (AvgIpc) is 2.26. The van der Waals surface area contributed by atoms with Crippen LogP contribution in [0.2, 0.25) is 0 Å². The van der Waals surface area contributed by atoms with E-state index in [0.29, 0.717) is 0 Å². The van der Waals surface area contributed by atoms with Crippen LogP contribution in [0.25, 0.3) is 0 Å². The van der Waals surface area contributed by atoms with Gasteiger partial charge in [-0.3, -0.25) is 0 Å². The molecule has 0 fully saturated rings. The summed E-state index contributed by atoms with van der Waals surface area (Å²) in [6.07, 6.45) is 3.49. The van der Waals surface area contributed by atoms with Crippen molar-refractivity contribution in [1.29, 1.82) is 0 Å². The Morgan fingerprint density at radius 3 is 2.40 bits per heavy atom. The van der Waals surface area contributed by atoms with Gasteiger partial charge in [0.15, 0.2) is 0 Å². The first kappa shape index (κ1) is 14.9. The Balaban J connectivity index is 2.92. The zero-order chi connectivity index (χ0) is 11.4. The fourth-order valence-electron chi connectivity index (χ4n) is 1.25. The lowest BCUT2D eigenvalue weighted by molar-refractivity contribution is 0.129. The Labute approximate surface area is 95.0 Å². The first-order chi connectivity index (χ1) is 7.31. The minimum atomic E-state index is 0.793. The number of rotatable bonds is 11. The maximum absolute atomic E-state index is 5.49. The van der Waals surface area contributed by atoms with Gasteiger partial charge in [-0.15, -0.1) is 0 Å². The highest BCUT2D eigenvalue weighted by Crippen LogP contribution is 1.96. The van der Waals surface area contributed by atoms with Gasteiger partial charge in [0.25, 0.3) is 0 Å². The Kier molecular flexibility index (Phi) is 11.9. The first-order valence-electron chi connectivity index (χ1n) is 6.24. The lowest BCUT2D eigenvalue weighted by Crippen LogP contribution is -2.22. The van der Waals surface area contributed by atoms with E-state index in [1.807, 2.05) is 7.05 Å². The second-order valence-corrected chi connectivity index (χ2v) is 4.14. The van der Waals surface area contributed by atoms with Crippen molar-refractivity contribution in [3.05, 3.63) is 0 Å². The molecule has 0 aromatic rings. The second kappa shape index (κ2) is 12.0.